The van der Waals surface area contributed by atoms with Gasteiger partial charge in [-0.3, -0.25) is 19.2 Å². The van der Waals surface area contributed by atoms with E-state index in [-0.39, 0.29) is 22.9 Å². The Kier molecular flexibility index (Phi) is 8.42. The van der Waals surface area contributed by atoms with Crippen molar-refractivity contribution < 1.29 is 18.8 Å². The van der Waals surface area contributed by atoms with Crippen LogP contribution >= 0.6 is 0 Å². The summed E-state index contributed by atoms with van der Waals surface area (Å²) < 4.78 is 13.4. The number of anilines is 2. The van der Waals surface area contributed by atoms with Gasteiger partial charge < -0.3 is 30.4 Å². The van der Waals surface area contributed by atoms with Crippen molar-refractivity contribution >= 4 is 40.7 Å². The molecular formula is C35H35FN6O4. The molecule has 2 aromatic carbocycles. The predicted octanol–water partition coefficient (Wildman–Crippen LogP) is 4.58. The molecular weight excluding hydrogens is 587 g/mol. The fourth-order valence-corrected chi connectivity index (χ4v) is 6.04. The van der Waals surface area contributed by atoms with Crippen LogP contribution in [-0.4, -0.2) is 70.7 Å². The second kappa shape index (κ2) is 12.6. The number of nitrogens with one attached hydrogen (secondary N) is 4. The largest absolute Gasteiger partial charge is 0.366 e. The minimum atomic E-state index is -0.624. The number of rotatable bonds is 7. The van der Waals surface area contributed by atoms with Crippen LogP contribution in [0.2, 0.25) is 0 Å². The monoisotopic (exact) mass is 622 g/mol. The van der Waals surface area contributed by atoms with Crippen molar-refractivity contribution in [1.29, 1.82) is 0 Å². The standard InChI is InChI=1S/C35H35FN6O4/c1-20-25(10-11-32(43)42-14-12-41(3)13-15-42)21(2)38-30(20)17-27-26-9-8-24(16-31(26)40-34(27)45)39-35(46)29-19-37-18-28(33(29)44)22-4-6-23(36)7-5-22/h4-9,16-19,38H,10-15H2,1-3H3,(H,37,44)(H,39,46)(H,40,45). The number of hydrogen-bond acceptors (Lipinski definition) is 5. The number of aromatic nitrogens is 2. The zero-order valence-electron chi connectivity index (χ0n) is 25.9. The first-order chi connectivity index (χ1) is 22.1. The Morgan fingerprint density at radius 3 is 2.46 bits per heavy atom. The summed E-state index contributed by atoms with van der Waals surface area (Å²) in [5, 5.41) is 5.60. The maximum atomic E-state index is 13.4. The number of fused-ring (bicyclic) bond motifs is 1. The SMILES string of the molecule is Cc1[nH]c(C=C2C(=O)Nc3cc(NC(=O)c4c[nH]cc(-c5ccc(F)cc5)c4=O)ccc32)c(C)c1CCC(=O)N1CCN(C)CC1. The van der Waals surface area contributed by atoms with Gasteiger partial charge in [0.2, 0.25) is 11.3 Å². The van der Waals surface area contributed by atoms with Gasteiger partial charge >= 0.3 is 0 Å². The van der Waals surface area contributed by atoms with Gasteiger partial charge in [0.1, 0.15) is 11.4 Å². The van der Waals surface area contributed by atoms with E-state index in [0.29, 0.717) is 40.9 Å². The Hall–Kier alpha value is -5.29. The second-order valence-electron chi connectivity index (χ2n) is 11.8. The lowest BCUT2D eigenvalue weighted by molar-refractivity contribution is -0.132. The zero-order chi connectivity index (χ0) is 32.5. The van der Waals surface area contributed by atoms with Crippen molar-refractivity contribution in [1.82, 2.24) is 19.8 Å². The third kappa shape index (κ3) is 6.14. The van der Waals surface area contributed by atoms with Crippen LogP contribution in [0.1, 0.15) is 44.9 Å². The van der Waals surface area contributed by atoms with E-state index >= 15 is 0 Å². The second-order valence-corrected chi connectivity index (χ2v) is 11.8. The molecule has 0 aliphatic carbocycles. The number of nitrogens with zero attached hydrogens (tertiary/aromatic N) is 2. The molecule has 0 spiro atoms. The molecule has 0 atom stereocenters. The summed E-state index contributed by atoms with van der Waals surface area (Å²) in [4.78, 5) is 62.4. The van der Waals surface area contributed by atoms with E-state index in [4.69, 9.17) is 0 Å². The summed E-state index contributed by atoms with van der Waals surface area (Å²) >= 11 is 0. The highest BCUT2D eigenvalue weighted by Crippen LogP contribution is 2.36. The molecule has 4 aromatic rings. The lowest BCUT2D eigenvalue weighted by Crippen LogP contribution is -2.47. The molecule has 10 nitrogen and oxygen atoms in total. The van der Waals surface area contributed by atoms with Gasteiger partial charge in [-0.15, -0.1) is 0 Å². The number of piperazine rings is 1. The van der Waals surface area contributed by atoms with E-state index in [1.54, 1.807) is 18.2 Å². The van der Waals surface area contributed by atoms with Crippen LogP contribution in [0.3, 0.4) is 0 Å². The smallest absolute Gasteiger partial charge is 0.261 e. The maximum Gasteiger partial charge on any atom is 0.261 e. The molecule has 0 radical (unpaired) electrons. The highest BCUT2D eigenvalue weighted by atomic mass is 19.1. The summed E-state index contributed by atoms with van der Waals surface area (Å²) in [6, 6.07) is 10.5. The van der Waals surface area contributed by atoms with E-state index in [1.807, 2.05) is 24.8 Å². The van der Waals surface area contributed by atoms with Gasteiger partial charge in [-0.25, -0.2) is 4.39 Å². The van der Waals surface area contributed by atoms with Gasteiger partial charge in [-0.05, 0) is 74.3 Å². The number of aromatic amines is 2. The summed E-state index contributed by atoms with van der Waals surface area (Å²) in [6.07, 6.45) is 5.64. The number of hydrogen-bond donors (Lipinski definition) is 4. The number of aryl methyl sites for hydroxylation is 1. The third-order valence-corrected chi connectivity index (χ3v) is 8.77. The fourth-order valence-electron chi connectivity index (χ4n) is 6.04. The van der Waals surface area contributed by atoms with Crippen molar-refractivity contribution in [3.8, 4) is 11.1 Å². The average molecular weight is 623 g/mol. The average Bonchev–Trinajstić information content (AvgIpc) is 3.49. The summed E-state index contributed by atoms with van der Waals surface area (Å²) in [5.74, 6) is -1.17. The van der Waals surface area contributed by atoms with Crippen LogP contribution in [-0.2, 0) is 16.0 Å². The normalized spacial score (nSPS) is 15.6. The van der Waals surface area contributed by atoms with Crippen LogP contribution in [0.4, 0.5) is 15.8 Å². The molecule has 236 valence electrons. The van der Waals surface area contributed by atoms with Gasteiger partial charge in [0, 0.05) is 73.2 Å². The predicted molar refractivity (Wildman–Crippen MR) is 176 cm³/mol. The van der Waals surface area contributed by atoms with Gasteiger partial charge in [-0.2, -0.15) is 0 Å². The summed E-state index contributed by atoms with van der Waals surface area (Å²) in [6.45, 7) is 7.24. The lowest BCUT2D eigenvalue weighted by Gasteiger charge is -2.32. The van der Waals surface area contributed by atoms with Gasteiger partial charge in [0.05, 0.1) is 11.3 Å². The minimum Gasteiger partial charge on any atom is -0.366 e. The Balaban J connectivity index is 1.17. The molecule has 4 N–H and O–H groups in total. The number of carbonyl (C=O) groups excluding carboxylic acids is 3. The molecule has 0 unspecified atom stereocenters. The Bertz CT molecular complexity index is 1930. The topological polar surface area (TPSA) is 130 Å². The molecule has 11 heteroatoms. The third-order valence-electron chi connectivity index (χ3n) is 8.77. The van der Waals surface area contributed by atoms with Gasteiger partial charge in [0.15, 0.2) is 0 Å². The Morgan fingerprint density at radius 2 is 1.72 bits per heavy atom. The zero-order valence-corrected chi connectivity index (χ0v) is 25.9. The molecule has 1 fully saturated rings. The Labute approximate surface area is 265 Å². The van der Waals surface area contributed by atoms with Crippen molar-refractivity contribution in [2.75, 3.05) is 43.9 Å². The molecule has 0 bridgehead atoms. The highest BCUT2D eigenvalue weighted by Gasteiger charge is 2.26. The molecule has 2 aliphatic heterocycles. The molecule has 0 saturated carbocycles. The van der Waals surface area contributed by atoms with Crippen LogP contribution in [0.15, 0.2) is 59.7 Å². The van der Waals surface area contributed by atoms with E-state index in [0.717, 1.165) is 48.7 Å². The quantitative estimate of drug-likeness (QED) is 0.224. The number of likely N-dealkylation sites (N-methyl/N-ethyl adjacent to an activating group) is 1. The Morgan fingerprint density at radius 1 is 0.978 bits per heavy atom. The number of halogens is 1. The number of pyridine rings is 1. The van der Waals surface area contributed by atoms with Crippen molar-refractivity contribution in [2.45, 2.75) is 26.7 Å². The summed E-state index contributed by atoms with van der Waals surface area (Å²) in [7, 11) is 2.06. The van der Waals surface area contributed by atoms with E-state index in [9.17, 15) is 23.6 Å². The molecule has 46 heavy (non-hydrogen) atoms. The molecule has 2 aromatic heterocycles. The van der Waals surface area contributed by atoms with Gasteiger partial charge in [0.25, 0.3) is 11.8 Å². The lowest BCUT2D eigenvalue weighted by atomic mass is 10.0. The molecule has 1 saturated heterocycles. The van der Waals surface area contributed by atoms with Crippen LogP contribution in [0, 0.1) is 19.7 Å². The minimum absolute atomic E-state index is 0.106. The van der Waals surface area contributed by atoms with E-state index in [1.165, 1.54) is 36.7 Å². The first-order valence-electron chi connectivity index (χ1n) is 15.2. The van der Waals surface area contributed by atoms with Crippen LogP contribution in [0.5, 0.6) is 0 Å². The van der Waals surface area contributed by atoms with Crippen molar-refractivity contribution in [3.05, 3.63) is 105 Å². The first kappa shape index (κ1) is 30.7. The fraction of sp³-hybridized carbons (Fsp3) is 0.257. The molecule has 6 rings (SSSR count). The molecule has 4 heterocycles. The number of amides is 3. The maximum absolute atomic E-state index is 13.4. The van der Waals surface area contributed by atoms with E-state index in [2.05, 4.69) is 32.5 Å². The summed E-state index contributed by atoms with van der Waals surface area (Å²) in [5.41, 5.74) is 6.03. The van der Waals surface area contributed by atoms with Crippen LogP contribution in [0.25, 0.3) is 22.8 Å². The van der Waals surface area contributed by atoms with Gasteiger partial charge in [-0.1, -0.05) is 18.2 Å². The van der Waals surface area contributed by atoms with Crippen molar-refractivity contribution in [2.24, 2.45) is 0 Å². The number of benzene rings is 2. The van der Waals surface area contributed by atoms with E-state index < -0.39 is 17.2 Å². The molecule has 2 aliphatic rings. The highest BCUT2D eigenvalue weighted by molar-refractivity contribution is 6.35. The van der Waals surface area contributed by atoms with Crippen molar-refractivity contribution in [3.63, 3.8) is 0 Å². The number of H-pyrrole nitrogens is 2. The van der Waals surface area contributed by atoms with Crippen LogP contribution < -0.4 is 16.1 Å². The first-order valence-corrected chi connectivity index (χ1v) is 15.2. The molecule has 3 amide bonds. The number of carbonyl (C=O) groups is 3.